The number of carboxylic acid groups (broad SMARTS) is 1. The predicted molar refractivity (Wildman–Crippen MR) is 81.0 cm³/mol. The number of carbonyl (C=O) groups is 1. The number of aromatic nitrogens is 2. The summed E-state index contributed by atoms with van der Waals surface area (Å²) in [5.41, 5.74) is 2.28. The Morgan fingerprint density at radius 3 is 3.05 bits per heavy atom. The summed E-state index contributed by atoms with van der Waals surface area (Å²) in [6, 6.07) is 8.29. The van der Waals surface area contributed by atoms with E-state index in [1.807, 2.05) is 23.9 Å². The highest BCUT2D eigenvalue weighted by Gasteiger charge is 2.24. The third-order valence-corrected chi connectivity index (χ3v) is 4.34. The molecule has 112 valence electrons. The molecule has 0 radical (unpaired) electrons. The Bertz CT molecular complexity index is 650. The number of aliphatic carboxylic acids is 1. The molecule has 0 aliphatic carbocycles. The lowest BCUT2D eigenvalue weighted by Gasteiger charge is -2.14. The summed E-state index contributed by atoms with van der Waals surface area (Å²) in [5, 5.41) is 14.6. The van der Waals surface area contributed by atoms with E-state index < -0.39 is 5.97 Å². The normalized spacial score (nSPS) is 19.4. The highest BCUT2D eigenvalue weighted by molar-refractivity contribution is 5.81. The topological polar surface area (TPSA) is 58.4 Å². The molecule has 1 aromatic heterocycles. The van der Waals surface area contributed by atoms with Crippen LogP contribution in [0.15, 0.2) is 24.3 Å². The number of fused-ring (bicyclic) bond motifs is 1. The minimum Gasteiger partial charge on any atom is -0.481 e. The van der Waals surface area contributed by atoms with Crippen LogP contribution < -0.4 is 0 Å². The fraction of sp³-hybridized carbons (Fsp3) is 0.500. The van der Waals surface area contributed by atoms with Gasteiger partial charge in [0.05, 0.1) is 11.2 Å². The van der Waals surface area contributed by atoms with Crippen molar-refractivity contribution in [1.82, 2.24) is 14.7 Å². The number of rotatable bonds is 5. The molecule has 1 fully saturated rings. The van der Waals surface area contributed by atoms with Crippen LogP contribution in [0.3, 0.4) is 0 Å². The molecule has 1 saturated heterocycles. The van der Waals surface area contributed by atoms with Crippen LogP contribution >= 0.6 is 0 Å². The maximum atomic E-state index is 10.7. The molecule has 1 unspecified atom stereocenters. The van der Waals surface area contributed by atoms with Crippen LogP contribution in [0.25, 0.3) is 10.9 Å². The third-order valence-electron chi connectivity index (χ3n) is 4.34. The Kier molecular flexibility index (Phi) is 3.92. The Morgan fingerprint density at radius 2 is 2.24 bits per heavy atom. The summed E-state index contributed by atoms with van der Waals surface area (Å²) in [7, 11) is 1.98. The first kappa shape index (κ1) is 14.1. The van der Waals surface area contributed by atoms with Crippen molar-refractivity contribution in [3.8, 4) is 0 Å². The average molecular weight is 287 g/mol. The zero-order chi connectivity index (χ0) is 14.8. The summed E-state index contributed by atoms with van der Waals surface area (Å²) < 4.78 is 1.93. The smallest absolute Gasteiger partial charge is 0.303 e. The summed E-state index contributed by atoms with van der Waals surface area (Å²) in [4.78, 5) is 13.0. The van der Waals surface area contributed by atoms with Gasteiger partial charge in [-0.1, -0.05) is 18.2 Å². The number of benzene rings is 1. The molecule has 1 atom stereocenters. The van der Waals surface area contributed by atoms with E-state index in [0.29, 0.717) is 5.92 Å². The van der Waals surface area contributed by atoms with Gasteiger partial charge in [-0.05, 0) is 31.4 Å². The largest absolute Gasteiger partial charge is 0.481 e. The maximum Gasteiger partial charge on any atom is 0.303 e. The average Bonchev–Trinajstić information content (AvgIpc) is 3.03. The van der Waals surface area contributed by atoms with Crippen LogP contribution in [0.2, 0.25) is 0 Å². The molecule has 1 aromatic carbocycles. The van der Waals surface area contributed by atoms with Gasteiger partial charge in [-0.15, -0.1) is 0 Å². The van der Waals surface area contributed by atoms with Crippen LogP contribution in [0.1, 0.15) is 25.0 Å². The van der Waals surface area contributed by atoms with Crippen LogP contribution in [-0.4, -0.2) is 38.8 Å². The molecule has 2 heterocycles. The van der Waals surface area contributed by atoms with Crippen molar-refractivity contribution in [1.29, 1.82) is 0 Å². The summed E-state index contributed by atoms with van der Waals surface area (Å²) in [6.07, 6.45) is 2.16. The predicted octanol–water partition coefficient (Wildman–Crippen LogP) is 2.26. The number of aryl methyl sites for hydroxylation is 1. The van der Waals surface area contributed by atoms with E-state index in [2.05, 4.69) is 22.1 Å². The van der Waals surface area contributed by atoms with Crippen LogP contribution in [0.4, 0.5) is 0 Å². The second-order valence-corrected chi connectivity index (χ2v) is 5.91. The molecule has 1 aliphatic heterocycles. The second-order valence-electron chi connectivity index (χ2n) is 5.91. The molecule has 0 spiro atoms. The molecule has 1 aliphatic rings. The van der Waals surface area contributed by atoms with Crippen LogP contribution in [0.5, 0.6) is 0 Å². The first-order valence-electron chi connectivity index (χ1n) is 7.48. The Morgan fingerprint density at radius 1 is 1.43 bits per heavy atom. The van der Waals surface area contributed by atoms with E-state index in [9.17, 15) is 4.79 Å². The van der Waals surface area contributed by atoms with Crippen LogP contribution in [-0.2, 0) is 18.4 Å². The van der Waals surface area contributed by atoms with Gasteiger partial charge in [-0.3, -0.25) is 14.4 Å². The Balaban J connectivity index is 1.65. The highest BCUT2D eigenvalue weighted by Crippen LogP contribution is 2.25. The van der Waals surface area contributed by atoms with Crippen molar-refractivity contribution in [3.05, 3.63) is 30.0 Å². The Labute approximate surface area is 124 Å². The fourth-order valence-electron chi connectivity index (χ4n) is 3.24. The molecule has 0 bridgehead atoms. The van der Waals surface area contributed by atoms with Crippen molar-refractivity contribution in [2.45, 2.75) is 25.8 Å². The van der Waals surface area contributed by atoms with Gasteiger partial charge in [-0.2, -0.15) is 5.10 Å². The first-order chi connectivity index (χ1) is 10.1. The monoisotopic (exact) mass is 287 g/mol. The zero-order valence-corrected chi connectivity index (χ0v) is 12.3. The van der Waals surface area contributed by atoms with E-state index in [1.54, 1.807) is 0 Å². The lowest BCUT2D eigenvalue weighted by Crippen LogP contribution is -2.20. The number of nitrogens with zero attached hydrogens (tertiary/aromatic N) is 3. The minimum absolute atomic E-state index is 0.283. The van der Waals surface area contributed by atoms with E-state index in [4.69, 9.17) is 5.11 Å². The molecular formula is C16H21N3O2. The van der Waals surface area contributed by atoms with Gasteiger partial charge in [0.25, 0.3) is 0 Å². The standard InChI is InChI=1S/C16H21N3O2/c1-18-15-5-3-2-4-13(15)14(17-18)11-19-9-8-12(10-19)6-7-16(20)21/h2-5,12H,6-11H2,1H3,(H,20,21). The Hall–Kier alpha value is -1.88. The molecule has 0 amide bonds. The van der Waals surface area contributed by atoms with Gasteiger partial charge >= 0.3 is 5.97 Å². The van der Waals surface area contributed by atoms with E-state index >= 15 is 0 Å². The number of para-hydroxylation sites is 1. The van der Waals surface area contributed by atoms with E-state index in [1.165, 1.54) is 5.39 Å². The highest BCUT2D eigenvalue weighted by atomic mass is 16.4. The zero-order valence-electron chi connectivity index (χ0n) is 12.3. The fourth-order valence-corrected chi connectivity index (χ4v) is 3.24. The quantitative estimate of drug-likeness (QED) is 0.916. The van der Waals surface area contributed by atoms with E-state index in [-0.39, 0.29) is 6.42 Å². The molecule has 0 saturated carbocycles. The van der Waals surface area contributed by atoms with Crippen molar-refractivity contribution < 1.29 is 9.90 Å². The molecule has 5 heteroatoms. The van der Waals surface area contributed by atoms with Crippen molar-refractivity contribution in [2.24, 2.45) is 13.0 Å². The van der Waals surface area contributed by atoms with Crippen molar-refractivity contribution >= 4 is 16.9 Å². The minimum atomic E-state index is -0.691. The number of hydrogen-bond donors (Lipinski definition) is 1. The molecule has 5 nitrogen and oxygen atoms in total. The van der Waals surface area contributed by atoms with Gasteiger partial charge in [0.2, 0.25) is 0 Å². The van der Waals surface area contributed by atoms with Crippen LogP contribution in [0, 0.1) is 5.92 Å². The summed E-state index contributed by atoms with van der Waals surface area (Å²) in [6.45, 7) is 2.87. The van der Waals surface area contributed by atoms with Gasteiger partial charge in [0.1, 0.15) is 0 Å². The number of hydrogen-bond acceptors (Lipinski definition) is 3. The number of carboxylic acids is 1. The first-order valence-corrected chi connectivity index (χ1v) is 7.48. The molecular weight excluding hydrogens is 266 g/mol. The summed E-state index contributed by atoms with van der Waals surface area (Å²) in [5.74, 6) is -0.180. The molecule has 2 aromatic rings. The van der Waals surface area contributed by atoms with Crippen molar-refractivity contribution in [3.63, 3.8) is 0 Å². The third kappa shape index (κ3) is 3.08. The van der Waals surface area contributed by atoms with E-state index in [0.717, 1.165) is 43.7 Å². The summed E-state index contributed by atoms with van der Waals surface area (Å²) >= 11 is 0. The van der Waals surface area contributed by atoms with Gasteiger partial charge in [-0.25, -0.2) is 0 Å². The molecule has 3 rings (SSSR count). The van der Waals surface area contributed by atoms with Gasteiger partial charge in [0.15, 0.2) is 0 Å². The maximum absolute atomic E-state index is 10.7. The lowest BCUT2D eigenvalue weighted by atomic mass is 10.0. The SMILES string of the molecule is Cn1nc(CN2CCC(CCC(=O)O)C2)c2ccccc21. The van der Waals surface area contributed by atoms with Gasteiger partial charge in [0, 0.05) is 31.9 Å². The number of likely N-dealkylation sites (tertiary alicyclic amines) is 1. The molecule has 1 N–H and O–H groups in total. The van der Waals surface area contributed by atoms with Gasteiger partial charge < -0.3 is 5.11 Å². The van der Waals surface area contributed by atoms with Crippen molar-refractivity contribution in [2.75, 3.05) is 13.1 Å². The second kappa shape index (κ2) is 5.85. The molecule has 21 heavy (non-hydrogen) atoms. The lowest BCUT2D eigenvalue weighted by molar-refractivity contribution is -0.137.